The van der Waals surface area contributed by atoms with Crippen LogP contribution >= 0.6 is 11.8 Å². The van der Waals surface area contributed by atoms with Crippen molar-refractivity contribution in [3.05, 3.63) is 144 Å². The molecule has 0 aliphatic carbocycles. The molecule has 0 radical (unpaired) electrons. The average Bonchev–Trinajstić information content (AvgIpc) is 3.36. The second-order valence-corrected chi connectivity index (χ2v) is 12.2. The van der Waals surface area contributed by atoms with E-state index in [4.69, 9.17) is 0 Å². The lowest BCUT2D eigenvalue weighted by molar-refractivity contribution is 0.296. The zero-order valence-corrected chi connectivity index (χ0v) is 24.9. The molecule has 1 unspecified atom stereocenters. The molecule has 1 atom stereocenters. The quantitative estimate of drug-likeness (QED) is 0.233. The number of nitrogens with one attached hydrogen (secondary N) is 1. The summed E-state index contributed by atoms with van der Waals surface area (Å²) >= 11 is 1.86. The molecule has 206 valence electrons. The highest BCUT2D eigenvalue weighted by atomic mass is 32.2. The van der Waals surface area contributed by atoms with Crippen LogP contribution in [0, 0.1) is 0 Å². The highest BCUT2D eigenvalue weighted by Gasteiger charge is 2.30. The second kappa shape index (κ2) is 11.9. The second-order valence-electron chi connectivity index (χ2n) is 10.7. The van der Waals surface area contributed by atoms with Crippen molar-refractivity contribution in [2.75, 3.05) is 23.3 Å². The number of thioether (sulfide) groups is 1. The first-order chi connectivity index (χ1) is 20.1. The van der Waals surface area contributed by atoms with Gasteiger partial charge in [-0.05, 0) is 79.2 Å². The lowest BCUT2D eigenvalue weighted by Crippen LogP contribution is -2.23. The maximum Gasteiger partial charge on any atom is 0.104 e. The Kier molecular flexibility index (Phi) is 7.86. The summed E-state index contributed by atoms with van der Waals surface area (Å²) in [5, 5.41) is 3.68. The summed E-state index contributed by atoms with van der Waals surface area (Å²) in [6.45, 7) is 9.78. The lowest BCUT2D eigenvalue weighted by Gasteiger charge is -2.34. The van der Waals surface area contributed by atoms with Gasteiger partial charge in [0.2, 0.25) is 0 Å². The van der Waals surface area contributed by atoms with Gasteiger partial charge in [-0.1, -0.05) is 111 Å². The van der Waals surface area contributed by atoms with Crippen molar-refractivity contribution < 1.29 is 0 Å². The smallest absolute Gasteiger partial charge is 0.104 e. The van der Waals surface area contributed by atoms with Crippen LogP contribution in [-0.4, -0.2) is 22.9 Å². The number of fused-ring (bicyclic) bond motifs is 2. The Morgan fingerprint density at radius 1 is 0.829 bits per heavy atom. The predicted octanol–water partition coefficient (Wildman–Crippen LogP) is 9.59. The minimum atomic E-state index is -0.182. The van der Waals surface area contributed by atoms with Crippen molar-refractivity contribution in [1.82, 2.24) is 4.90 Å². The fraction of sp³-hybridized carbons (Fsp3) is 0.189. The fourth-order valence-corrected chi connectivity index (χ4v) is 6.76. The van der Waals surface area contributed by atoms with Crippen LogP contribution in [0.2, 0.25) is 0 Å². The minimum absolute atomic E-state index is 0.182. The Hall–Kier alpha value is -3.99. The summed E-state index contributed by atoms with van der Waals surface area (Å²) in [6.07, 6.45) is 9.07. The number of hydrogen-bond donors (Lipinski definition) is 1. The summed E-state index contributed by atoms with van der Waals surface area (Å²) in [4.78, 5) is 5.95. The average molecular weight is 556 g/mol. The van der Waals surface area contributed by atoms with Crippen LogP contribution in [0.25, 0.3) is 11.3 Å². The van der Waals surface area contributed by atoms with E-state index in [1.807, 2.05) is 11.8 Å². The molecule has 1 N–H and O–H groups in total. The number of anilines is 3. The normalized spacial score (nSPS) is 18.9. The van der Waals surface area contributed by atoms with E-state index in [-0.39, 0.29) is 4.87 Å². The van der Waals surface area contributed by atoms with Crippen molar-refractivity contribution in [2.24, 2.45) is 0 Å². The molecular weight excluding hydrogens is 518 g/mol. The monoisotopic (exact) mass is 555 g/mol. The van der Waals surface area contributed by atoms with Crippen LogP contribution < -0.4 is 10.2 Å². The van der Waals surface area contributed by atoms with Crippen LogP contribution in [0.5, 0.6) is 0 Å². The van der Waals surface area contributed by atoms with Crippen LogP contribution in [0.3, 0.4) is 0 Å². The van der Waals surface area contributed by atoms with Gasteiger partial charge in [0.15, 0.2) is 0 Å². The van der Waals surface area contributed by atoms with E-state index in [1.54, 1.807) is 0 Å². The molecule has 4 aromatic rings. The van der Waals surface area contributed by atoms with Crippen LogP contribution in [0.15, 0.2) is 132 Å². The van der Waals surface area contributed by atoms with E-state index in [0.717, 1.165) is 25.3 Å². The molecule has 0 bridgehead atoms. The molecule has 2 heterocycles. The maximum absolute atomic E-state index is 3.68. The van der Waals surface area contributed by atoms with Crippen LogP contribution in [-0.2, 0) is 6.54 Å². The zero-order chi connectivity index (χ0) is 28.2. The Bertz CT molecular complexity index is 1570. The van der Waals surface area contributed by atoms with Crippen molar-refractivity contribution in [3.8, 4) is 0 Å². The molecule has 2 aliphatic heterocycles. The molecule has 41 heavy (non-hydrogen) atoms. The Balaban J connectivity index is 1.38. The summed E-state index contributed by atoms with van der Waals surface area (Å²) in [5.41, 5.74) is 9.70. The molecule has 0 amide bonds. The van der Waals surface area contributed by atoms with Gasteiger partial charge >= 0.3 is 0 Å². The third-order valence-corrected chi connectivity index (χ3v) is 9.07. The standard InChI is InChI=1S/C37H37N3S/c1-4-39(5-2)27-28-21-23-29(24-22-28)35-26-30(14-13-25-37(3)38-33-18-10-12-20-36(33)41-37)32-17-9-11-19-34(32)40(35)31-15-7-6-8-16-31/h6-26,38H,4-5,27H2,1-3H3. The lowest BCUT2D eigenvalue weighted by atomic mass is 9.93. The van der Waals surface area contributed by atoms with Crippen LogP contribution in [0.1, 0.15) is 37.5 Å². The summed E-state index contributed by atoms with van der Waals surface area (Å²) < 4.78 is 0. The van der Waals surface area contributed by atoms with Crippen molar-refractivity contribution in [2.45, 2.75) is 37.1 Å². The molecule has 0 fully saturated rings. The zero-order valence-electron chi connectivity index (χ0n) is 24.0. The van der Waals surface area contributed by atoms with E-state index in [2.05, 4.69) is 163 Å². The van der Waals surface area contributed by atoms with Crippen molar-refractivity contribution >= 4 is 40.1 Å². The largest absolute Gasteiger partial charge is 0.367 e. The van der Waals surface area contributed by atoms with Crippen LogP contribution in [0.4, 0.5) is 17.1 Å². The first-order valence-corrected chi connectivity index (χ1v) is 15.3. The van der Waals surface area contributed by atoms with Gasteiger partial charge in [-0.3, -0.25) is 4.90 Å². The molecule has 6 rings (SSSR count). The van der Waals surface area contributed by atoms with Gasteiger partial charge in [-0.25, -0.2) is 0 Å². The first-order valence-electron chi connectivity index (χ1n) is 14.5. The molecule has 0 saturated heterocycles. The molecule has 0 aromatic heterocycles. The van der Waals surface area contributed by atoms with E-state index < -0.39 is 0 Å². The SMILES string of the molecule is CCN(CC)Cc1ccc(C2=CC(=CC=CC3(C)Nc4ccccc4S3)c3ccccc3N2c2ccccc2)cc1. The number of rotatable bonds is 8. The van der Waals surface area contributed by atoms with Gasteiger partial charge in [-0.2, -0.15) is 0 Å². The molecular formula is C37H37N3S. The van der Waals surface area contributed by atoms with Gasteiger partial charge in [0, 0.05) is 28.4 Å². The summed E-state index contributed by atoms with van der Waals surface area (Å²) in [6, 6.07) is 37.0. The topological polar surface area (TPSA) is 18.5 Å². The maximum atomic E-state index is 3.68. The van der Waals surface area contributed by atoms with Gasteiger partial charge in [0.05, 0.1) is 11.4 Å². The van der Waals surface area contributed by atoms with E-state index in [9.17, 15) is 0 Å². The summed E-state index contributed by atoms with van der Waals surface area (Å²) in [7, 11) is 0. The number of benzene rings is 4. The molecule has 4 aromatic carbocycles. The van der Waals surface area contributed by atoms with Gasteiger partial charge in [0.1, 0.15) is 4.87 Å². The van der Waals surface area contributed by atoms with Crippen molar-refractivity contribution in [1.29, 1.82) is 0 Å². The van der Waals surface area contributed by atoms with Gasteiger partial charge in [0.25, 0.3) is 0 Å². The molecule has 4 heteroatoms. The number of para-hydroxylation sites is 3. The van der Waals surface area contributed by atoms with E-state index in [0.29, 0.717) is 0 Å². The van der Waals surface area contributed by atoms with Crippen molar-refractivity contribution in [3.63, 3.8) is 0 Å². The third kappa shape index (κ3) is 5.76. The first kappa shape index (κ1) is 27.2. The number of nitrogens with zero attached hydrogens (tertiary/aromatic N) is 2. The molecule has 3 nitrogen and oxygen atoms in total. The van der Waals surface area contributed by atoms with E-state index >= 15 is 0 Å². The fourth-order valence-electron chi connectivity index (χ4n) is 5.62. The minimum Gasteiger partial charge on any atom is -0.367 e. The van der Waals surface area contributed by atoms with Gasteiger partial charge < -0.3 is 10.2 Å². The Morgan fingerprint density at radius 3 is 2.29 bits per heavy atom. The third-order valence-electron chi connectivity index (χ3n) is 7.84. The summed E-state index contributed by atoms with van der Waals surface area (Å²) in [5.74, 6) is 0. The highest BCUT2D eigenvalue weighted by Crippen LogP contribution is 2.47. The molecule has 0 saturated carbocycles. The van der Waals surface area contributed by atoms with Gasteiger partial charge in [-0.15, -0.1) is 0 Å². The number of allylic oxidation sites excluding steroid dienone is 4. The highest BCUT2D eigenvalue weighted by molar-refractivity contribution is 8.01. The Morgan fingerprint density at radius 2 is 1.54 bits per heavy atom. The molecule has 0 spiro atoms. The Labute approximate surface area is 248 Å². The molecule has 2 aliphatic rings. The van der Waals surface area contributed by atoms with E-state index in [1.165, 1.54) is 44.2 Å². The number of hydrogen-bond acceptors (Lipinski definition) is 4. The predicted molar refractivity (Wildman–Crippen MR) is 178 cm³/mol.